The van der Waals surface area contributed by atoms with Gasteiger partial charge in [0.15, 0.2) is 6.10 Å². The van der Waals surface area contributed by atoms with E-state index in [1.807, 2.05) is 0 Å². The van der Waals surface area contributed by atoms with Crippen LogP contribution >= 0.6 is 0 Å². The predicted molar refractivity (Wildman–Crippen MR) is 256 cm³/mol. The van der Waals surface area contributed by atoms with Gasteiger partial charge in [-0.25, -0.2) is 0 Å². The fourth-order valence-corrected chi connectivity index (χ4v) is 7.45. The summed E-state index contributed by atoms with van der Waals surface area (Å²) in [5.41, 5.74) is 0. The zero-order valence-corrected chi connectivity index (χ0v) is 40.0. The Morgan fingerprint density at radius 1 is 0.333 bits per heavy atom. The zero-order valence-electron chi connectivity index (χ0n) is 40.0. The molecule has 0 fully saturated rings. The molecule has 60 heavy (non-hydrogen) atoms. The molecule has 1 unspecified atom stereocenters. The standard InChI is InChI=1S/C54H98O6/c1-4-7-10-13-16-18-20-22-23-24-25-26-27-28-29-30-31-32-34-35-38-41-44-47-53(56)59-50-51(49-58-52(55)46-43-40-37-15-12-9-6-3)60-54(57)48-45-42-39-36-33-21-19-17-14-11-8-5-2/h20,22,24-25,27-28,51H,4-19,21,23,26,29-50H2,1-3H3/b22-20-,25-24-,28-27-. The molecule has 1 atom stereocenters. The van der Waals surface area contributed by atoms with Gasteiger partial charge in [-0.15, -0.1) is 0 Å². The second-order valence-electron chi connectivity index (χ2n) is 17.4. The van der Waals surface area contributed by atoms with E-state index in [1.54, 1.807) is 0 Å². The molecule has 0 aliphatic carbocycles. The van der Waals surface area contributed by atoms with Gasteiger partial charge in [-0.3, -0.25) is 14.4 Å². The molecule has 0 aliphatic rings. The lowest BCUT2D eigenvalue weighted by Gasteiger charge is -2.18. The van der Waals surface area contributed by atoms with Crippen LogP contribution in [-0.4, -0.2) is 37.2 Å². The molecule has 0 rings (SSSR count). The summed E-state index contributed by atoms with van der Waals surface area (Å²) in [6.45, 7) is 6.59. The van der Waals surface area contributed by atoms with Crippen molar-refractivity contribution in [1.82, 2.24) is 0 Å². The minimum Gasteiger partial charge on any atom is -0.462 e. The van der Waals surface area contributed by atoms with E-state index in [-0.39, 0.29) is 31.1 Å². The normalized spacial score (nSPS) is 12.2. The second kappa shape index (κ2) is 49.3. The van der Waals surface area contributed by atoms with Crippen LogP contribution in [0.2, 0.25) is 0 Å². The van der Waals surface area contributed by atoms with Crippen LogP contribution < -0.4 is 0 Å². The highest BCUT2D eigenvalue weighted by atomic mass is 16.6. The number of allylic oxidation sites excluding steroid dienone is 6. The van der Waals surface area contributed by atoms with E-state index < -0.39 is 6.10 Å². The number of ether oxygens (including phenoxy) is 3. The monoisotopic (exact) mass is 843 g/mol. The third-order valence-corrected chi connectivity index (χ3v) is 11.4. The molecule has 0 saturated carbocycles. The molecule has 350 valence electrons. The number of unbranched alkanes of at least 4 members (excludes halogenated alkanes) is 30. The van der Waals surface area contributed by atoms with Crippen LogP contribution in [0.1, 0.15) is 271 Å². The maximum Gasteiger partial charge on any atom is 0.306 e. The van der Waals surface area contributed by atoms with Gasteiger partial charge in [-0.2, -0.15) is 0 Å². The van der Waals surface area contributed by atoms with Crippen LogP contribution in [0.5, 0.6) is 0 Å². The van der Waals surface area contributed by atoms with Crippen LogP contribution in [0, 0.1) is 0 Å². The number of carbonyl (C=O) groups excluding carboxylic acids is 3. The first-order chi connectivity index (χ1) is 29.5. The van der Waals surface area contributed by atoms with E-state index >= 15 is 0 Å². The minimum absolute atomic E-state index is 0.0716. The third kappa shape index (κ3) is 46.7. The van der Waals surface area contributed by atoms with Gasteiger partial charge in [0.05, 0.1) is 0 Å². The van der Waals surface area contributed by atoms with Crippen LogP contribution in [0.25, 0.3) is 0 Å². The quantitative estimate of drug-likeness (QED) is 0.0263. The number of carbonyl (C=O) groups is 3. The van der Waals surface area contributed by atoms with Gasteiger partial charge in [0.2, 0.25) is 0 Å². The van der Waals surface area contributed by atoms with E-state index in [1.165, 1.54) is 154 Å². The number of rotatable bonds is 47. The van der Waals surface area contributed by atoms with Crippen molar-refractivity contribution in [3.8, 4) is 0 Å². The Morgan fingerprint density at radius 2 is 0.600 bits per heavy atom. The molecular formula is C54H98O6. The molecule has 0 spiro atoms. The smallest absolute Gasteiger partial charge is 0.306 e. The molecule has 6 nitrogen and oxygen atoms in total. The van der Waals surface area contributed by atoms with Crippen molar-refractivity contribution in [1.29, 1.82) is 0 Å². The van der Waals surface area contributed by atoms with Gasteiger partial charge < -0.3 is 14.2 Å². The van der Waals surface area contributed by atoms with E-state index in [9.17, 15) is 14.4 Å². The maximum atomic E-state index is 12.7. The maximum absolute atomic E-state index is 12.7. The van der Waals surface area contributed by atoms with Gasteiger partial charge in [-0.05, 0) is 57.8 Å². The summed E-state index contributed by atoms with van der Waals surface area (Å²) in [6, 6.07) is 0. The average Bonchev–Trinajstić information content (AvgIpc) is 3.24. The number of hydrogen-bond donors (Lipinski definition) is 0. The zero-order chi connectivity index (χ0) is 43.7. The lowest BCUT2D eigenvalue weighted by molar-refractivity contribution is -0.167. The summed E-state index contributed by atoms with van der Waals surface area (Å²) >= 11 is 0. The Labute approximate surface area is 372 Å². The first-order valence-corrected chi connectivity index (χ1v) is 26.0. The van der Waals surface area contributed by atoms with Crippen molar-refractivity contribution < 1.29 is 28.6 Å². The molecule has 0 N–H and O–H groups in total. The molecule has 0 aliphatic heterocycles. The van der Waals surface area contributed by atoms with Crippen LogP contribution in [0.3, 0.4) is 0 Å². The summed E-state index contributed by atoms with van der Waals surface area (Å²) in [6.07, 6.45) is 57.2. The molecule has 6 heteroatoms. The number of esters is 3. The van der Waals surface area contributed by atoms with Crippen LogP contribution in [-0.2, 0) is 28.6 Å². The highest BCUT2D eigenvalue weighted by Crippen LogP contribution is 2.15. The summed E-state index contributed by atoms with van der Waals surface area (Å²) < 4.78 is 16.7. The van der Waals surface area contributed by atoms with E-state index in [2.05, 4.69) is 57.2 Å². The first-order valence-electron chi connectivity index (χ1n) is 26.0. The molecule has 0 saturated heterocycles. The van der Waals surface area contributed by atoms with Gasteiger partial charge in [-0.1, -0.05) is 231 Å². The Bertz CT molecular complexity index is 1020. The van der Waals surface area contributed by atoms with Crippen molar-refractivity contribution >= 4 is 17.9 Å². The minimum atomic E-state index is -0.767. The molecule has 0 aromatic heterocycles. The fraction of sp³-hybridized carbons (Fsp3) is 0.833. The van der Waals surface area contributed by atoms with Crippen molar-refractivity contribution in [3.05, 3.63) is 36.5 Å². The van der Waals surface area contributed by atoms with Crippen LogP contribution in [0.4, 0.5) is 0 Å². The molecule has 0 bridgehead atoms. The molecule has 0 radical (unpaired) electrons. The molecule has 0 aromatic rings. The van der Waals surface area contributed by atoms with Gasteiger partial charge >= 0.3 is 17.9 Å². The van der Waals surface area contributed by atoms with Crippen molar-refractivity contribution in [2.45, 2.75) is 277 Å². The Balaban J connectivity index is 4.17. The summed E-state index contributed by atoms with van der Waals surface area (Å²) in [5.74, 6) is -0.877. The Morgan fingerprint density at radius 3 is 0.933 bits per heavy atom. The first kappa shape index (κ1) is 57.6. The molecule has 0 aromatic carbocycles. The molecule has 0 amide bonds. The molecule has 0 heterocycles. The lowest BCUT2D eigenvalue weighted by Crippen LogP contribution is -2.30. The highest BCUT2D eigenvalue weighted by Gasteiger charge is 2.19. The summed E-state index contributed by atoms with van der Waals surface area (Å²) in [5, 5.41) is 0. The third-order valence-electron chi connectivity index (χ3n) is 11.4. The summed E-state index contributed by atoms with van der Waals surface area (Å²) in [4.78, 5) is 37.7. The van der Waals surface area contributed by atoms with Crippen molar-refractivity contribution in [3.63, 3.8) is 0 Å². The van der Waals surface area contributed by atoms with Crippen molar-refractivity contribution in [2.24, 2.45) is 0 Å². The Hall–Kier alpha value is -2.37. The predicted octanol–water partition coefficient (Wildman–Crippen LogP) is 16.9. The number of hydrogen-bond acceptors (Lipinski definition) is 6. The highest BCUT2D eigenvalue weighted by molar-refractivity contribution is 5.71. The fourth-order valence-electron chi connectivity index (χ4n) is 7.45. The Kier molecular flexibility index (Phi) is 47.3. The SMILES string of the molecule is CCCCCCC/C=C\C/C=C\C/C=C\CCCCCCCCCCC(=O)OCC(COC(=O)CCCCCCCCC)OC(=O)CCCCCCCCCCCCCC. The van der Waals surface area contributed by atoms with Crippen molar-refractivity contribution in [2.75, 3.05) is 13.2 Å². The largest absolute Gasteiger partial charge is 0.462 e. The van der Waals surface area contributed by atoms with E-state index in [0.29, 0.717) is 19.3 Å². The average molecular weight is 843 g/mol. The lowest BCUT2D eigenvalue weighted by atomic mass is 10.0. The van der Waals surface area contributed by atoms with E-state index in [4.69, 9.17) is 14.2 Å². The van der Waals surface area contributed by atoms with Gasteiger partial charge in [0.25, 0.3) is 0 Å². The summed E-state index contributed by atoms with van der Waals surface area (Å²) in [7, 11) is 0. The molecular weight excluding hydrogens is 745 g/mol. The van der Waals surface area contributed by atoms with Crippen LogP contribution in [0.15, 0.2) is 36.5 Å². The topological polar surface area (TPSA) is 78.9 Å². The second-order valence-corrected chi connectivity index (χ2v) is 17.4. The van der Waals surface area contributed by atoms with E-state index in [0.717, 1.165) is 77.0 Å². The van der Waals surface area contributed by atoms with Gasteiger partial charge in [0.1, 0.15) is 13.2 Å². The van der Waals surface area contributed by atoms with Gasteiger partial charge in [0, 0.05) is 19.3 Å².